The minimum atomic E-state index is -1.47. The van der Waals surface area contributed by atoms with E-state index in [-0.39, 0.29) is 62.1 Å². The third-order valence-corrected chi connectivity index (χ3v) is 10.3. The third-order valence-electron chi connectivity index (χ3n) is 10.3. The second-order valence-corrected chi connectivity index (χ2v) is 13.9. The van der Waals surface area contributed by atoms with E-state index in [1.165, 1.54) is 23.8 Å². The zero-order valence-electron chi connectivity index (χ0n) is 26.4. The standard InChI is InChI=1S/C34H37F2N7O5/c35-26-11-23(10-24-25(26)14-42(33(24)47)29-3-4-31(45)38-32(29)46)41-17-34(36,18-41)16-40-7-5-22(6-8-40)43-13-21-9-28(37-19-44)30(12-27(21)39-43)48-15-20-1-2-20/h9-13,19-20,22,29H,1-8,14-18H2,(H,37,44)(H,38,45,46). The van der Waals surface area contributed by atoms with Gasteiger partial charge in [0.05, 0.1) is 43.5 Å². The van der Waals surface area contributed by atoms with Gasteiger partial charge in [-0.05, 0) is 56.2 Å². The number of carbonyl (C=O) groups excluding carboxylic acids is 4. The summed E-state index contributed by atoms with van der Waals surface area (Å²) in [6.07, 6.45) is 6.89. The van der Waals surface area contributed by atoms with Gasteiger partial charge in [0.2, 0.25) is 18.2 Å². The zero-order chi connectivity index (χ0) is 33.2. The van der Waals surface area contributed by atoms with Crippen LogP contribution < -0.4 is 20.3 Å². The number of carbonyl (C=O) groups is 4. The van der Waals surface area contributed by atoms with Gasteiger partial charge in [-0.2, -0.15) is 5.10 Å². The van der Waals surface area contributed by atoms with Crippen molar-refractivity contribution < 1.29 is 32.7 Å². The SMILES string of the molecule is O=CNc1cc2cn(C3CCN(CC4(F)CN(c5cc(F)c6c(c5)C(=O)N(C5CCC(=O)NC5=O)C6)C4)CC3)nc2cc1OCC1CC1. The van der Waals surface area contributed by atoms with Crippen LogP contribution in [0.25, 0.3) is 10.9 Å². The Kier molecular flexibility index (Phi) is 7.57. The minimum Gasteiger partial charge on any atom is -0.491 e. The number of likely N-dealkylation sites (tertiary alicyclic amines) is 1. The molecular weight excluding hydrogens is 624 g/mol. The maximum atomic E-state index is 15.9. The van der Waals surface area contributed by atoms with Gasteiger partial charge in [-0.25, -0.2) is 8.78 Å². The Morgan fingerprint density at radius 3 is 2.58 bits per heavy atom. The zero-order valence-corrected chi connectivity index (χ0v) is 26.4. The predicted molar refractivity (Wildman–Crippen MR) is 171 cm³/mol. The van der Waals surface area contributed by atoms with E-state index in [2.05, 4.69) is 15.5 Å². The largest absolute Gasteiger partial charge is 0.491 e. The molecule has 2 N–H and O–H groups in total. The molecule has 0 radical (unpaired) electrons. The summed E-state index contributed by atoms with van der Waals surface area (Å²) in [5.41, 5.74) is 0.787. The van der Waals surface area contributed by atoms with Crippen molar-refractivity contribution in [1.29, 1.82) is 0 Å². The highest BCUT2D eigenvalue weighted by atomic mass is 19.1. The van der Waals surface area contributed by atoms with Gasteiger partial charge < -0.3 is 19.9 Å². The number of benzene rings is 2. The summed E-state index contributed by atoms with van der Waals surface area (Å²) >= 11 is 0. The number of nitrogens with zero attached hydrogens (tertiary/aromatic N) is 5. The highest BCUT2D eigenvalue weighted by molar-refractivity contribution is 6.05. The Morgan fingerprint density at radius 1 is 1.06 bits per heavy atom. The molecule has 1 aliphatic carbocycles. The molecule has 3 saturated heterocycles. The molecule has 48 heavy (non-hydrogen) atoms. The average Bonchev–Trinajstić information content (AvgIpc) is 3.70. The van der Waals surface area contributed by atoms with Gasteiger partial charge in [0, 0.05) is 60.5 Å². The Hall–Kier alpha value is -4.59. The van der Waals surface area contributed by atoms with Crippen molar-refractivity contribution in [3.05, 3.63) is 47.4 Å². The van der Waals surface area contributed by atoms with Crippen molar-refractivity contribution >= 4 is 46.4 Å². The molecule has 4 aliphatic heterocycles. The molecule has 0 spiro atoms. The number of alkyl halides is 1. The Morgan fingerprint density at radius 2 is 1.85 bits per heavy atom. The smallest absolute Gasteiger partial charge is 0.255 e. The van der Waals surface area contributed by atoms with Crippen LogP contribution in [0, 0.1) is 11.7 Å². The van der Waals surface area contributed by atoms with Crippen molar-refractivity contribution in [2.75, 3.05) is 49.5 Å². The lowest BCUT2D eigenvalue weighted by molar-refractivity contribution is -0.137. The molecule has 252 valence electrons. The molecule has 4 amide bonds. The fourth-order valence-electron chi connectivity index (χ4n) is 7.49. The van der Waals surface area contributed by atoms with Gasteiger partial charge in [-0.1, -0.05) is 0 Å². The first-order valence-electron chi connectivity index (χ1n) is 16.7. The van der Waals surface area contributed by atoms with Crippen LogP contribution in [-0.2, 0) is 20.9 Å². The Balaban J connectivity index is 0.869. The summed E-state index contributed by atoms with van der Waals surface area (Å²) in [7, 11) is 0. The van der Waals surface area contributed by atoms with E-state index >= 15 is 8.78 Å². The molecule has 0 bridgehead atoms. The van der Waals surface area contributed by atoms with E-state index in [0.29, 0.717) is 49.1 Å². The van der Waals surface area contributed by atoms with E-state index in [4.69, 9.17) is 9.84 Å². The lowest BCUT2D eigenvalue weighted by atomic mass is 9.92. The minimum absolute atomic E-state index is 0.0433. The van der Waals surface area contributed by atoms with Crippen molar-refractivity contribution in [3.8, 4) is 5.75 Å². The molecule has 2 aromatic carbocycles. The summed E-state index contributed by atoms with van der Waals surface area (Å²) in [6, 6.07) is 6.02. The molecule has 3 aromatic rings. The summed E-state index contributed by atoms with van der Waals surface area (Å²) in [4.78, 5) is 53.5. The van der Waals surface area contributed by atoms with E-state index in [9.17, 15) is 19.2 Å². The first kappa shape index (κ1) is 30.7. The van der Waals surface area contributed by atoms with Crippen LogP contribution in [0.5, 0.6) is 5.75 Å². The number of rotatable bonds is 10. The molecule has 8 rings (SSSR count). The molecular formula is C34H37F2N7O5. The van der Waals surface area contributed by atoms with E-state index in [0.717, 1.165) is 23.7 Å². The van der Waals surface area contributed by atoms with E-state index < -0.39 is 29.3 Å². The molecule has 1 atom stereocenters. The fourth-order valence-corrected chi connectivity index (χ4v) is 7.49. The normalized spacial score (nSPS) is 22.9. The van der Waals surface area contributed by atoms with Crippen LogP contribution in [0.2, 0.25) is 0 Å². The van der Waals surface area contributed by atoms with Gasteiger partial charge in [0.1, 0.15) is 17.6 Å². The molecule has 5 heterocycles. The highest BCUT2D eigenvalue weighted by Crippen LogP contribution is 2.38. The number of imide groups is 1. The number of hydrogen-bond donors (Lipinski definition) is 2. The quantitative estimate of drug-likeness (QED) is 0.251. The van der Waals surface area contributed by atoms with Crippen molar-refractivity contribution in [2.24, 2.45) is 5.92 Å². The number of nitrogens with one attached hydrogen (secondary N) is 2. The molecule has 1 saturated carbocycles. The third kappa shape index (κ3) is 5.75. The number of fused-ring (bicyclic) bond motifs is 2. The maximum Gasteiger partial charge on any atom is 0.255 e. The predicted octanol–water partition coefficient (Wildman–Crippen LogP) is 3.16. The van der Waals surface area contributed by atoms with Gasteiger partial charge in [0.15, 0.2) is 5.67 Å². The second-order valence-electron chi connectivity index (χ2n) is 13.9. The maximum absolute atomic E-state index is 15.9. The topological polar surface area (TPSA) is 129 Å². The monoisotopic (exact) mass is 661 g/mol. The molecule has 4 fully saturated rings. The summed E-state index contributed by atoms with van der Waals surface area (Å²) in [5, 5.41) is 10.7. The molecule has 1 unspecified atom stereocenters. The summed E-state index contributed by atoms with van der Waals surface area (Å²) in [6.45, 7) is 2.43. The number of anilines is 2. The van der Waals surface area contributed by atoms with Gasteiger partial charge in [0.25, 0.3) is 5.91 Å². The molecule has 1 aromatic heterocycles. The van der Waals surface area contributed by atoms with Gasteiger partial charge in [-0.15, -0.1) is 0 Å². The average molecular weight is 662 g/mol. The lowest BCUT2D eigenvalue weighted by Crippen LogP contribution is -2.64. The second kappa shape index (κ2) is 11.8. The number of halogens is 2. The molecule has 12 nitrogen and oxygen atoms in total. The first-order chi connectivity index (χ1) is 23.2. The van der Waals surface area contributed by atoms with Crippen LogP contribution in [0.3, 0.4) is 0 Å². The number of aromatic nitrogens is 2. The number of piperidine rings is 2. The molecule has 14 heteroatoms. The number of ether oxygens (including phenoxy) is 1. The van der Waals surface area contributed by atoms with Crippen molar-refractivity contribution in [2.45, 2.75) is 62.8 Å². The summed E-state index contributed by atoms with van der Waals surface area (Å²) in [5.74, 6) is -0.760. The first-order valence-corrected chi connectivity index (χ1v) is 16.7. The molecule has 5 aliphatic rings. The van der Waals surface area contributed by atoms with Crippen molar-refractivity contribution in [3.63, 3.8) is 0 Å². The van der Waals surface area contributed by atoms with Gasteiger partial charge >= 0.3 is 0 Å². The van der Waals surface area contributed by atoms with Crippen molar-refractivity contribution in [1.82, 2.24) is 24.9 Å². The Bertz CT molecular complexity index is 1810. The fraction of sp³-hybridized carbons (Fsp3) is 0.500. The van der Waals surface area contributed by atoms with Crippen LogP contribution in [0.15, 0.2) is 30.5 Å². The van der Waals surface area contributed by atoms with Crippen LogP contribution in [0.4, 0.5) is 20.2 Å². The number of amides is 4. The summed E-state index contributed by atoms with van der Waals surface area (Å²) < 4.78 is 39.0. The van der Waals surface area contributed by atoms with E-state index in [1.54, 1.807) is 11.0 Å². The van der Waals surface area contributed by atoms with Crippen LogP contribution >= 0.6 is 0 Å². The van der Waals surface area contributed by atoms with Crippen LogP contribution in [0.1, 0.15) is 60.5 Å². The number of hydrogen-bond acceptors (Lipinski definition) is 8. The van der Waals surface area contributed by atoms with Gasteiger partial charge in [-0.3, -0.25) is 34.1 Å². The van der Waals surface area contributed by atoms with Crippen LogP contribution in [-0.4, -0.2) is 94.8 Å². The van der Waals surface area contributed by atoms with E-state index in [1.807, 2.05) is 23.0 Å². The highest BCUT2D eigenvalue weighted by Gasteiger charge is 2.47. The Labute approximate surface area is 275 Å². The lowest BCUT2D eigenvalue weighted by Gasteiger charge is -2.48.